The molecule has 4 aromatic rings. The minimum absolute atomic E-state index is 0.0770. The Morgan fingerprint density at radius 2 is 1.77 bits per heavy atom. The van der Waals surface area contributed by atoms with Crippen LogP contribution in [0.15, 0.2) is 63.8 Å². The summed E-state index contributed by atoms with van der Waals surface area (Å²) >= 11 is 1.38. The summed E-state index contributed by atoms with van der Waals surface area (Å²) in [6, 6.07) is 15.9. The molecule has 0 aliphatic carbocycles. The van der Waals surface area contributed by atoms with E-state index in [4.69, 9.17) is 4.42 Å². The van der Waals surface area contributed by atoms with E-state index < -0.39 is 6.04 Å². The van der Waals surface area contributed by atoms with Gasteiger partial charge in [-0.2, -0.15) is 0 Å². The van der Waals surface area contributed by atoms with E-state index in [1.165, 1.54) is 11.3 Å². The third kappa shape index (κ3) is 2.93. The number of benzene rings is 2. The molecule has 1 amide bonds. The molecule has 2 aromatic heterocycles. The molecule has 5 rings (SSSR count). The molecular formula is C23H19N3O3S. The highest BCUT2D eigenvalue weighted by molar-refractivity contribution is 7.15. The maximum Gasteiger partial charge on any atom is 0.297 e. The molecule has 0 N–H and O–H groups in total. The lowest BCUT2D eigenvalue weighted by atomic mass is 9.99. The lowest BCUT2D eigenvalue weighted by Gasteiger charge is -2.21. The van der Waals surface area contributed by atoms with Crippen molar-refractivity contribution in [2.45, 2.75) is 26.3 Å². The first-order valence-electron chi connectivity index (χ1n) is 9.81. The number of rotatable bonds is 4. The van der Waals surface area contributed by atoms with Gasteiger partial charge in [0.15, 0.2) is 5.43 Å². The molecule has 0 spiro atoms. The van der Waals surface area contributed by atoms with Crippen molar-refractivity contribution in [2.75, 3.05) is 4.90 Å². The second-order valence-electron chi connectivity index (χ2n) is 7.73. The fourth-order valence-corrected chi connectivity index (χ4v) is 4.92. The normalized spacial score (nSPS) is 15.9. The topological polar surface area (TPSA) is 76.3 Å². The van der Waals surface area contributed by atoms with E-state index >= 15 is 0 Å². The van der Waals surface area contributed by atoms with Crippen LogP contribution in [0.1, 0.15) is 46.6 Å². The third-order valence-electron chi connectivity index (χ3n) is 5.14. The van der Waals surface area contributed by atoms with E-state index in [2.05, 4.69) is 24.0 Å². The summed E-state index contributed by atoms with van der Waals surface area (Å²) in [4.78, 5) is 28.4. The molecule has 1 atom stereocenters. The van der Waals surface area contributed by atoms with Gasteiger partial charge in [-0.3, -0.25) is 14.5 Å². The highest BCUT2D eigenvalue weighted by Crippen LogP contribution is 2.42. The highest BCUT2D eigenvalue weighted by atomic mass is 32.1. The Bertz CT molecular complexity index is 1310. The average molecular weight is 417 g/mol. The molecular weight excluding hydrogens is 398 g/mol. The Morgan fingerprint density at radius 1 is 1.03 bits per heavy atom. The molecule has 0 saturated heterocycles. The smallest absolute Gasteiger partial charge is 0.297 e. The molecule has 0 fully saturated rings. The van der Waals surface area contributed by atoms with E-state index in [0.29, 0.717) is 27.6 Å². The van der Waals surface area contributed by atoms with Crippen molar-refractivity contribution in [1.29, 1.82) is 0 Å². The van der Waals surface area contributed by atoms with Crippen LogP contribution in [-0.4, -0.2) is 16.1 Å². The second kappa shape index (κ2) is 7.18. The molecule has 0 radical (unpaired) electrons. The number of para-hydroxylation sites is 1. The minimum Gasteiger partial charge on any atom is -0.450 e. The molecule has 150 valence electrons. The zero-order chi connectivity index (χ0) is 20.8. The van der Waals surface area contributed by atoms with Crippen LogP contribution in [0.25, 0.3) is 11.0 Å². The maximum atomic E-state index is 13.4. The van der Waals surface area contributed by atoms with Crippen LogP contribution in [0.5, 0.6) is 0 Å². The van der Waals surface area contributed by atoms with Crippen molar-refractivity contribution in [3.8, 4) is 0 Å². The Morgan fingerprint density at radius 3 is 2.53 bits per heavy atom. The molecule has 6 nitrogen and oxygen atoms in total. The van der Waals surface area contributed by atoms with Crippen molar-refractivity contribution >= 4 is 33.3 Å². The van der Waals surface area contributed by atoms with Gasteiger partial charge in [-0.1, -0.05) is 67.6 Å². The lowest BCUT2D eigenvalue weighted by molar-refractivity contribution is 0.0970. The first-order valence-corrected chi connectivity index (χ1v) is 10.6. The molecule has 3 heterocycles. The number of hydrogen-bond donors (Lipinski definition) is 0. The van der Waals surface area contributed by atoms with Gasteiger partial charge in [-0.15, -0.1) is 10.2 Å². The summed E-state index contributed by atoms with van der Waals surface area (Å²) in [6.07, 6.45) is 0.781. The molecule has 2 aromatic carbocycles. The van der Waals surface area contributed by atoms with E-state index in [-0.39, 0.29) is 17.1 Å². The Balaban J connectivity index is 1.73. The van der Waals surface area contributed by atoms with Gasteiger partial charge in [0.05, 0.1) is 17.0 Å². The van der Waals surface area contributed by atoms with Crippen molar-refractivity contribution in [1.82, 2.24) is 10.2 Å². The fourth-order valence-electron chi connectivity index (χ4n) is 3.84. The van der Waals surface area contributed by atoms with Crippen LogP contribution < -0.4 is 10.3 Å². The molecule has 0 bridgehead atoms. The van der Waals surface area contributed by atoms with Gasteiger partial charge in [-0.05, 0) is 23.6 Å². The van der Waals surface area contributed by atoms with Gasteiger partial charge in [0.25, 0.3) is 5.91 Å². The Hall–Kier alpha value is -3.32. The molecule has 30 heavy (non-hydrogen) atoms. The van der Waals surface area contributed by atoms with Crippen LogP contribution in [0.2, 0.25) is 0 Å². The first kappa shape index (κ1) is 18.7. The number of carbonyl (C=O) groups excluding carboxylic acids is 1. The summed E-state index contributed by atoms with van der Waals surface area (Å²) in [5.41, 5.74) is 1.39. The van der Waals surface area contributed by atoms with Crippen LogP contribution in [0.3, 0.4) is 0 Å². The quantitative estimate of drug-likeness (QED) is 0.485. The van der Waals surface area contributed by atoms with Gasteiger partial charge >= 0.3 is 0 Å². The molecule has 1 aliphatic rings. The standard InChI is InChI=1S/C23H19N3O3S/c1-13(2)12-17-24-25-23(30-17)26-19(14-8-4-3-5-9-14)18-20(27)15-10-6-7-11-16(15)29-21(18)22(26)28/h3-11,13,19H,12H2,1-2H3/t19-/m1/s1. The van der Waals surface area contributed by atoms with Crippen LogP contribution >= 0.6 is 11.3 Å². The lowest BCUT2D eigenvalue weighted by Crippen LogP contribution is -2.29. The average Bonchev–Trinajstić information content (AvgIpc) is 3.31. The van der Waals surface area contributed by atoms with Crippen LogP contribution in [0, 0.1) is 5.92 Å². The molecule has 7 heteroatoms. The molecule has 1 aliphatic heterocycles. The minimum atomic E-state index is -0.602. The zero-order valence-electron chi connectivity index (χ0n) is 16.5. The number of hydrogen-bond acceptors (Lipinski definition) is 6. The summed E-state index contributed by atoms with van der Waals surface area (Å²) in [7, 11) is 0. The van der Waals surface area contributed by atoms with Crippen molar-refractivity contribution in [3.63, 3.8) is 0 Å². The number of anilines is 1. The molecule has 0 saturated carbocycles. The maximum absolute atomic E-state index is 13.4. The SMILES string of the molecule is CC(C)Cc1nnc(N2C(=O)c3oc4ccccc4c(=O)c3[C@H]2c2ccccc2)s1. The van der Waals surface area contributed by atoms with E-state index in [9.17, 15) is 9.59 Å². The summed E-state index contributed by atoms with van der Waals surface area (Å²) < 4.78 is 5.94. The van der Waals surface area contributed by atoms with E-state index in [0.717, 1.165) is 17.0 Å². The first-order chi connectivity index (χ1) is 14.5. The van der Waals surface area contributed by atoms with Gasteiger partial charge < -0.3 is 4.42 Å². The fraction of sp³-hybridized carbons (Fsp3) is 0.217. The Kier molecular flexibility index (Phi) is 4.47. The largest absolute Gasteiger partial charge is 0.450 e. The Labute approximate surface area is 176 Å². The number of carbonyl (C=O) groups is 1. The molecule has 0 unspecified atom stereocenters. The highest BCUT2D eigenvalue weighted by Gasteiger charge is 2.45. The predicted molar refractivity (Wildman–Crippen MR) is 116 cm³/mol. The number of nitrogens with zero attached hydrogens (tertiary/aromatic N) is 3. The number of fused-ring (bicyclic) bond motifs is 2. The second-order valence-corrected chi connectivity index (χ2v) is 8.78. The predicted octanol–water partition coefficient (Wildman–Crippen LogP) is 4.59. The van der Waals surface area contributed by atoms with Gasteiger partial charge in [0.2, 0.25) is 10.9 Å². The van der Waals surface area contributed by atoms with Crippen LogP contribution in [0.4, 0.5) is 5.13 Å². The van der Waals surface area contributed by atoms with Crippen LogP contribution in [-0.2, 0) is 6.42 Å². The van der Waals surface area contributed by atoms with Gasteiger partial charge in [0, 0.05) is 6.42 Å². The van der Waals surface area contributed by atoms with E-state index in [1.807, 2.05) is 30.3 Å². The zero-order valence-corrected chi connectivity index (χ0v) is 17.3. The summed E-state index contributed by atoms with van der Waals surface area (Å²) in [5, 5.41) is 10.4. The monoisotopic (exact) mass is 417 g/mol. The number of aromatic nitrogens is 2. The number of amides is 1. The summed E-state index contributed by atoms with van der Waals surface area (Å²) in [6.45, 7) is 4.22. The van der Waals surface area contributed by atoms with Crippen molar-refractivity contribution in [3.05, 3.63) is 86.7 Å². The van der Waals surface area contributed by atoms with Gasteiger partial charge in [0.1, 0.15) is 10.6 Å². The summed E-state index contributed by atoms with van der Waals surface area (Å²) in [5.74, 6) is 0.137. The van der Waals surface area contributed by atoms with E-state index in [1.54, 1.807) is 29.2 Å². The van der Waals surface area contributed by atoms with Crippen molar-refractivity contribution < 1.29 is 9.21 Å². The third-order valence-corrected chi connectivity index (χ3v) is 6.08. The van der Waals surface area contributed by atoms with Gasteiger partial charge in [-0.25, -0.2) is 0 Å². The van der Waals surface area contributed by atoms with Crippen molar-refractivity contribution in [2.24, 2.45) is 5.92 Å².